The Bertz CT molecular complexity index is 1130. The molecule has 1 amide bonds. The van der Waals surface area contributed by atoms with Crippen molar-refractivity contribution < 1.29 is 14.3 Å². The molecule has 1 aliphatic heterocycles. The number of fused-ring (bicyclic) bond motifs is 4. The second-order valence-corrected chi connectivity index (χ2v) is 8.89. The Balaban J connectivity index is 1.04. The average molecular weight is 427 g/mol. The second kappa shape index (κ2) is 7.90. The van der Waals surface area contributed by atoms with Crippen molar-refractivity contribution in [2.24, 2.45) is 0 Å². The van der Waals surface area contributed by atoms with Crippen molar-refractivity contribution in [2.45, 2.75) is 37.3 Å². The third kappa shape index (κ3) is 3.68. The summed E-state index contributed by atoms with van der Waals surface area (Å²) >= 11 is 0. The smallest absolute Gasteiger partial charge is 0.407 e. The first kappa shape index (κ1) is 19.2. The number of amides is 1. The van der Waals surface area contributed by atoms with Gasteiger partial charge in [0, 0.05) is 24.1 Å². The number of hydrogen-bond acceptors (Lipinski definition) is 4. The summed E-state index contributed by atoms with van der Waals surface area (Å²) < 4.78 is 11.6. The van der Waals surface area contributed by atoms with Crippen LogP contribution in [-0.4, -0.2) is 31.4 Å². The molecule has 1 fully saturated rings. The van der Waals surface area contributed by atoms with Gasteiger partial charge in [-0.1, -0.05) is 48.5 Å². The van der Waals surface area contributed by atoms with Crippen LogP contribution in [0.2, 0.25) is 0 Å². The molecule has 0 saturated heterocycles. The molecule has 0 spiro atoms. The Morgan fingerprint density at radius 3 is 2.41 bits per heavy atom. The minimum atomic E-state index is -0.400. The third-order valence-electron chi connectivity index (χ3n) is 6.57. The van der Waals surface area contributed by atoms with Gasteiger partial charge in [-0.25, -0.2) is 4.79 Å². The molecule has 5 nitrogen and oxygen atoms in total. The quantitative estimate of drug-likeness (QED) is 0.576. The van der Waals surface area contributed by atoms with Gasteiger partial charge in [0.05, 0.1) is 6.54 Å². The Labute approximate surface area is 187 Å². The number of carbonyl (C=O) groups excluding carboxylic acids is 1. The highest BCUT2D eigenvalue weighted by atomic mass is 16.5. The average Bonchev–Trinajstić information content (AvgIpc) is 3.45. The Morgan fingerprint density at radius 1 is 0.969 bits per heavy atom. The summed E-state index contributed by atoms with van der Waals surface area (Å²) in [6, 6.07) is 23.6. The van der Waals surface area contributed by atoms with Gasteiger partial charge in [0.15, 0.2) is 0 Å². The molecule has 2 N–H and O–H groups in total. The van der Waals surface area contributed by atoms with E-state index in [-0.39, 0.29) is 12.0 Å². The summed E-state index contributed by atoms with van der Waals surface area (Å²) in [5.41, 5.74) is 7.22. The van der Waals surface area contributed by atoms with Crippen molar-refractivity contribution in [3.8, 4) is 16.9 Å². The molecule has 6 rings (SSSR count). The number of hydrogen-bond donors (Lipinski definition) is 2. The fourth-order valence-electron chi connectivity index (χ4n) is 4.83. The van der Waals surface area contributed by atoms with Crippen LogP contribution in [0.3, 0.4) is 0 Å². The predicted molar refractivity (Wildman–Crippen MR) is 124 cm³/mol. The number of benzene rings is 3. The van der Waals surface area contributed by atoms with Crippen LogP contribution in [0.25, 0.3) is 11.1 Å². The normalized spacial score (nSPS) is 18.3. The van der Waals surface area contributed by atoms with E-state index < -0.39 is 6.09 Å². The Kier molecular flexibility index (Phi) is 4.75. The monoisotopic (exact) mass is 426 g/mol. The molecule has 3 aliphatic rings. The second-order valence-electron chi connectivity index (χ2n) is 8.89. The first-order chi connectivity index (χ1) is 15.7. The first-order valence-electron chi connectivity index (χ1n) is 11.4. The first-order valence-corrected chi connectivity index (χ1v) is 11.4. The summed E-state index contributed by atoms with van der Waals surface area (Å²) in [6.45, 7) is 0.749. The van der Waals surface area contributed by atoms with Crippen LogP contribution < -0.4 is 15.4 Å². The summed E-state index contributed by atoms with van der Waals surface area (Å²) in [5, 5.41) is 6.41. The highest BCUT2D eigenvalue weighted by molar-refractivity contribution is 5.79. The molecule has 32 heavy (non-hydrogen) atoms. The Hall–Kier alpha value is -3.47. The summed E-state index contributed by atoms with van der Waals surface area (Å²) in [4.78, 5) is 12.4. The lowest BCUT2D eigenvalue weighted by atomic mass is 9.98. The van der Waals surface area contributed by atoms with Crippen LogP contribution >= 0.6 is 0 Å². The van der Waals surface area contributed by atoms with E-state index >= 15 is 0 Å². The van der Waals surface area contributed by atoms with Gasteiger partial charge in [-0.15, -0.1) is 0 Å². The largest absolute Gasteiger partial charge is 0.488 e. The van der Waals surface area contributed by atoms with Gasteiger partial charge in [0.2, 0.25) is 0 Å². The molecule has 0 aromatic heterocycles. The molecule has 2 aliphatic carbocycles. The van der Waals surface area contributed by atoms with Gasteiger partial charge in [-0.2, -0.15) is 0 Å². The van der Waals surface area contributed by atoms with E-state index in [2.05, 4.69) is 59.2 Å². The highest BCUT2D eigenvalue weighted by Crippen LogP contribution is 2.44. The molecule has 1 unspecified atom stereocenters. The molecule has 3 aromatic rings. The van der Waals surface area contributed by atoms with Gasteiger partial charge in [-0.3, -0.25) is 0 Å². The maximum Gasteiger partial charge on any atom is 0.407 e. The van der Waals surface area contributed by atoms with Crippen molar-refractivity contribution in [2.75, 3.05) is 18.5 Å². The van der Waals surface area contributed by atoms with E-state index in [0.29, 0.717) is 19.2 Å². The van der Waals surface area contributed by atoms with Crippen LogP contribution in [0.4, 0.5) is 10.5 Å². The number of rotatable bonds is 6. The molecule has 0 radical (unpaired) electrons. The maximum absolute atomic E-state index is 12.4. The minimum Gasteiger partial charge on any atom is -0.488 e. The topological polar surface area (TPSA) is 59.6 Å². The molecule has 3 aromatic carbocycles. The van der Waals surface area contributed by atoms with Crippen molar-refractivity contribution in [3.05, 3.63) is 83.4 Å². The van der Waals surface area contributed by atoms with Crippen LogP contribution in [-0.2, 0) is 11.2 Å². The number of anilines is 1. The van der Waals surface area contributed by atoms with Gasteiger partial charge < -0.3 is 20.1 Å². The van der Waals surface area contributed by atoms with E-state index in [1.807, 2.05) is 18.2 Å². The fourth-order valence-corrected chi connectivity index (χ4v) is 4.83. The van der Waals surface area contributed by atoms with E-state index in [0.717, 1.165) is 17.9 Å². The van der Waals surface area contributed by atoms with Crippen LogP contribution in [0, 0.1) is 0 Å². The lowest BCUT2D eigenvalue weighted by Crippen LogP contribution is -2.35. The molecule has 1 heterocycles. The summed E-state index contributed by atoms with van der Waals surface area (Å²) in [5.74, 6) is 0.975. The third-order valence-corrected chi connectivity index (χ3v) is 6.57. The zero-order valence-electron chi connectivity index (χ0n) is 17.8. The number of nitrogens with one attached hydrogen (secondary N) is 2. The van der Waals surface area contributed by atoms with Gasteiger partial charge in [0.1, 0.15) is 18.5 Å². The van der Waals surface area contributed by atoms with Crippen LogP contribution in [0.15, 0.2) is 66.7 Å². The molecule has 1 saturated carbocycles. The molecule has 1 atom stereocenters. The van der Waals surface area contributed by atoms with Crippen LogP contribution in [0.5, 0.6) is 5.75 Å². The standard InChI is InChI=1S/C27H26N2O3/c30-27(28-15-20-14-17-13-19(29-18-9-10-18)11-12-26(17)32-20)31-16-25-23-7-3-1-5-21(23)22-6-2-4-8-24(22)25/h1-8,11-13,18,20,25,29H,9-10,14-16H2,(H,28,30). The van der Waals surface area contributed by atoms with Crippen molar-refractivity contribution in [1.29, 1.82) is 0 Å². The number of ether oxygens (including phenoxy) is 2. The van der Waals surface area contributed by atoms with E-state index in [9.17, 15) is 4.79 Å². The van der Waals surface area contributed by atoms with Crippen molar-refractivity contribution in [3.63, 3.8) is 0 Å². The minimum absolute atomic E-state index is 0.0672. The molecular formula is C27H26N2O3. The summed E-state index contributed by atoms with van der Waals surface area (Å²) in [7, 11) is 0. The molecule has 5 heteroatoms. The highest BCUT2D eigenvalue weighted by Gasteiger charge is 2.29. The lowest BCUT2D eigenvalue weighted by molar-refractivity contribution is 0.136. The predicted octanol–water partition coefficient (Wildman–Crippen LogP) is 5.10. The van der Waals surface area contributed by atoms with E-state index in [4.69, 9.17) is 9.47 Å². The van der Waals surface area contributed by atoms with E-state index in [1.165, 1.54) is 40.7 Å². The number of alkyl carbamates (subject to hydrolysis) is 1. The van der Waals surface area contributed by atoms with E-state index in [1.54, 1.807) is 0 Å². The maximum atomic E-state index is 12.4. The molecule has 162 valence electrons. The summed E-state index contributed by atoms with van der Waals surface area (Å²) in [6.07, 6.45) is 2.82. The molecule has 0 bridgehead atoms. The van der Waals surface area contributed by atoms with Crippen molar-refractivity contribution >= 4 is 11.8 Å². The lowest BCUT2D eigenvalue weighted by Gasteiger charge is -2.16. The fraction of sp³-hybridized carbons (Fsp3) is 0.296. The Morgan fingerprint density at radius 2 is 1.69 bits per heavy atom. The SMILES string of the molecule is O=C(NCC1Cc2cc(NC3CC3)ccc2O1)OCC1c2ccccc2-c2ccccc21. The van der Waals surface area contributed by atoms with Gasteiger partial charge in [0.25, 0.3) is 0 Å². The zero-order valence-corrected chi connectivity index (χ0v) is 17.8. The van der Waals surface area contributed by atoms with Gasteiger partial charge >= 0.3 is 6.09 Å². The molecular weight excluding hydrogens is 400 g/mol. The number of carbonyl (C=O) groups is 1. The van der Waals surface area contributed by atoms with Crippen LogP contribution in [0.1, 0.15) is 35.4 Å². The van der Waals surface area contributed by atoms with Crippen molar-refractivity contribution in [1.82, 2.24) is 5.32 Å². The zero-order chi connectivity index (χ0) is 21.5. The van der Waals surface area contributed by atoms with Gasteiger partial charge in [-0.05, 0) is 58.9 Å².